The van der Waals surface area contributed by atoms with Crippen molar-refractivity contribution in [3.05, 3.63) is 0 Å². The van der Waals surface area contributed by atoms with Crippen LogP contribution in [0.15, 0.2) is 5.10 Å². The van der Waals surface area contributed by atoms with Gasteiger partial charge in [-0.3, -0.25) is 0 Å². The number of carbonyl (C=O) groups excluding carboxylic acids is 1. The molecule has 3 heteroatoms. The Kier molecular flexibility index (Phi) is 2.66. The van der Waals surface area contributed by atoms with Gasteiger partial charge in [0.1, 0.15) is 0 Å². The predicted octanol–water partition coefficient (Wildman–Crippen LogP) is -0.543. The topological polar surface area (TPSA) is 41.5 Å². The van der Waals surface area contributed by atoms with Gasteiger partial charge in [-0.1, -0.05) is 5.10 Å². The highest BCUT2D eigenvalue weighted by Crippen LogP contribution is 1.32. The van der Waals surface area contributed by atoms with Gasteiger partial charge in [0.15, 0.2) is 0 Å². The highest BCUT2D eigenvalue weighted by molar-refractivity contribution is 5.31. The monoisotopic (exact) mass is 72.0 g/mol. The highest BCUT2D eigenvalue weighted by Gasteiger charge is 1.44. The Labute approximate surface area is 29.7 Å². The van der Waals surface area contributed by atoms with E-state index in [9.17, 15) is 0 Å². The fourth-order valence-corrected chi connectivity index (χ4v) is 0.0456. The number of nitrogens with zero attached hydrogens (tertiary/aromatic N) is 1. The van der Waals surface area contributed by atoms with Crippen molar-refractivity contribution in [2.75, 3.05) is 7.05 Å². The molecule has 0 heterocycles. The van der Waals surface area contributed by atoms with E-state index >= 15 is 0 Å². The minimum atomic E-state index is 1.28. The maximum Gasteiger partial charge on any atom is 0.258 e. The van der Waals surface area contributed by atoms with Gasteiger partial charge in [0.05, 0.1) is 0 Å². The third kappa shape index (κ3) is 3.18. The van der Waals surface area contributed by atoms with E-state index in [4.69, 9.17) is 4.79 Å². The minimum Gasteiger partial charge on any atom is -0.302 e. The number of hydrogen-bond acceptors (Lipinski definition) is 3. The fourth-order valence-electron chi connectivity index (χ4n) is 0.0456. The first-order valence-corrected chi connectivity index (χ1v) is 1.15. The molecule has 0 saturated heterocycles. The van der Waals surface area contributed by atoms with Crippen molar-refractivity contribution in [1.29, 1.82) is 0 Å². The van der Waals surface area contributed by atoms with Crippen LogP contribution in [0.1, 0.15) is 0 Å². The molecule has 0 unspecified atom stereocenters. The van der Waals surface area contributed by atoms with E-state index < -0.39 is 0 Å². The van der Waals surface area contributed by atoms with Gasteiger partial charge in [-0.05, 0) is 0 Å². The molecule has 0 spiro atoms. The number of nitrogens with one attached hydrogen (secondary N) is 1. The lowest BCUT2D eigenvalue weighted by molar-refractivity contribution is 0.560. The number of hydrogen-bond donors (Lipinski definition) is 1. The molecule has 0 rings (SSSR count). The second-order valence-electron chi connectivity index (χ2n) is 0.427. The van der Waals surface area contributed by atoms with Crippen molar-refractivity contribution in [2.45, 2.75) is 0 Å². The first-order chi connectivity index (χ1) is 2.41. The van der Waals surface area contributed by atoms with E-state index in [0.29, 0.717) is 0 Å². The van der Waals surface area contributed by atoms with Crippen LogP contribution in [-0.2, 0) is 4.79 Å². The zero-order chi connectivity index (χ0) is 4.12. The quantitative estimate of drug-likeness (QED) is 0.256. The molecule has 28 valence electrons. The van der Waals surface area contributed by atoms with Crippen molar-refractivity contribution < 1.29 is 4.79 Å². The SMILES string of the molecule is CNN=C=O. The molecule has 0 aromatic carbocycles. The van der Waals surface area contributed by atoms with Gasteiger partial charge in [-0.15, -0.1) is 0 Å². The molecular formula is C2H4N2O. The molecule has 0 aromatic heterocycles. The maximum atomic E-state index is 9.05. The molecule has 1 N–H and O–H groups in total. The van der Waals surface area contributed by atoms with Crippen LogP contribution in [0.5, 0.6) is 0 Å². The molecule has 0 aliphatic heterocycles. The summed E-state index contributed by atoms with van der Waals surface area (Å²) >= 11 is 0. The normalized spacial score (nSPS) is 5.00. The van der Waals surface area contributed by atoms with E-state index in [1.54, 1.807) is 0 Å². The van der Waals surface area contributed by atoms with Gasteiger partial charge in [0, 0.05) is 7.05 Å². The first kappa shape index (κ1) is 4.18. The smallest absolute Gasteiger partial charge is 0.258 e. The summed E-state index contributed by atoms with van der Waals surface area (Å²) in [6.07, 6.45) is 1.28. The molecule has 0 aromatic rings. The van der Waals surface area contributed by atoms with Gasteiger partial charge in [0.2, 0.25) is 0 Å². The summed E-state index contributed by atoms with van der Waals surface area (Å²) in [6, 6.07) is 0. The third-order valence-corrected chi connectivity index (χ3v) is 0.157. The van der Waals surface area contributed by atoms with Gasteiger partial charge in [-0.25, -0.2) is 4.79 Å². The Morgan fingerprint density at radius 3 is 2.60 bits per heavy atom. The van der Waals surface area contributed by atoms with Crippen LogP contribution < -0.4 is 5.43 Å². The summed E-state index contributed by atoms with van der Waals surface area (Å²) in [5.74, 6) is 0. The molecule has 0 atom stereocenters. The molecule has 0 aliphatic carbocycles. The van der Waals surface area contributed by atoms with Crippen LogP contribution in [-0.4, -0.2) is 13.1 Å². The summed E-state index contributed by atoms with van der Waals surface area (Å²) in [7, 11) is 1.53. The van der Waals surface area contributed by atoms with E-state index in [-0.39, 0.29) is 0 Å². The summed E-state index contributed by atoms with van der Waals surface area (Å²) in [6.45, 7) is 0. The average molecular weight is 72.1 g/mol. The molecule has 0 amide bonds. The summed E-state index contributed by atoms with van der Waals surface area (Å²) in [5, 5.41) is 2.92. The van der Waals surface area contributed by atoms with Crippen molar-refractivity contribution in [3.63, 3.8) is 0 Å². The van der Waals surface area contributed by atoms with Gasteiger partial charge >= 0.3 is 0 Å². The molecule has 0 radical (unpaired) electrons. The van der Waals surface area contributed by atoms with E-state index in [1.807, 2.05) is 0 Å². The lowest BCUT2D eigenvalue weighted by Gasteiger charge is -1.68. The zero-order valence-corrected chi connectivity index (χ0v) is 2.86. The lowest BCUT2D eigenvalue weighted by atomic mass is 11.5. The second kappa shape index (κ2) is 3.18. The average Bonchev–Trinajstić information content (AvgIpc) is 1.41. The molecule has 5 heavy (non-hydrogen) atoms. The van der Waals surface area contributed by atoms with Crippen LogP contribution in [0.2, 0.25) is 0 Å². The minimum absolute atomic E-state index is 1.28. The Bertz CT molecular complexity index is 54.7. The van der Waals surface area contributed by atoms with E-state index in [1.165, 1.54) is 13.1 Å². The van der Waals surface area contributed by atoms with E-state index in [2.05, 4.69) is 10.5 Å². The maximum absolute atomic E-state index is 9.05. The number of isocyanates is 1. The highest BCUT2D eigenvalue weighted by atomic mass is 16.1. The van der Waals surface area contributed by atoms with Crippen LogP contribution in [0.25, 0.3) is 0 Å². The van der Waals surface area contributed by atoms with Crippen LogP contribution in [0.3, 0.4) is 0 Å². The molecule has 0 bridgehead atoms. The Balaban J connectivity index is 2.93. The van der Waals surface area contributed by atoms with Crippen molar-refractivity contribution in [3.8, 4) is 0 Å². The zero-order valence-electron chi connectivity index (χ0n) is 2.86. The van der Waals surface area contributed by atoms with Crippen LogP contribution in [0, 0.1) is 0 Å². The number of hydrazone groups is 1. The predicted molar refractivity (Wildman–Crippen MR) is 17.2 cm³/mol. The van der Waals surface area contributed by atoms with Crippen molar-refractivity contribution in [1.82, 2.24) is 5.43 Å². The van der Waals surface area contributed by atoms with Crippen molar-refractivity contribution in [2.24, 2.45) is 5.10 Å². The third-order valence-electron chi connectivity index (χ3n) is 0.157. The largest absolute Gasteiger partial charge is 0.302 e. The standard InChI is InChI=1S/C2H4N2O/c1-3-4-2-5/h3H,1H3. The van der Waals surface area contributed by atoms with Gasteiger partial charge in [-0.2, -0.15) is 0 Å². The van der Waals surface area contributed by atoms with Crippen LogP contribution >= 0.6 is 0 Å². The van der Waals surface area contributed by atoms with Gasteiger partial charge < -0.3 is 5.43 Å². The van der Waals surface area contributed by atoms with E-state index in [0.717, 1.165) is 0 Å². The summed E-state index contributed by atoms with van der Waals surface area (Å²) in [5.41, 5.74) is 2.22. The molecule has 0 aliphatic rings. The van der Waals surface area contributed by atoms with Gasteiger partial charge in [0.25, 0.3) is 6.08 Å². The second-order valence-corrected chi connectivity index (χ2v) is 0.427. The molecule has 3 nitrogen and oxygen atoms in total. The Hall–Kier alpha value is -0.820. The summed E-state index contributed by atoms with van der Waals surface area (Å²) < 4.78 is 0. The fraction of sp³-hybridized carbons (Fsp3) is 0.500. The molecule has 0 fully saturated rings. The summed E-state index contributed by atoms with van der Waals surface area (Å²) in [4.78, 5) is 9.05. The Morgan fingerprint density at radius 1 is 2.00 bits per heavy atom. The lowest BCUT2D eigenvalue weighted by Crippen LogP contribution is -1.89. The molecular weight excluding hydrogens is 68.0 g/mol. The molecule has 0 saturated carbocycles. The van der Waals surface area contributed by atoms with Crippen molar-refractivity contribution >= 4 is 6.08 Å². The van der Waals surface area contributed by atoms with Crippen LogP contribution in [0.4, 0.5) is 0 Å². The Morgan fingerprint density at radius 2 is 2.60 bits per heavy atom. The first-order valence-electron chi connectivity index (χ1n) is 1.15. The number of rotatable bonds is 1.